The average Bonchev–Trinajstić information content (AvgIpc) is 2.60. The first-order chi connectivity index (χ1) is 11.6. The number of ether oxygens (including phenoxy) is 2. The second kappa shape index (κ2) is 5.71. The van der Waals surface area contributed by atoms with E-state index in [1.807, 2.05) is 18.2 Å². The quantitative estimate of drug-likeness (QED) is 0.915. The van der Waals surface area contributed by atoms with Crippen LogP contribution < -0.4 is 9.47 Å². The first-order valence-electron chi connectivity index (χ1n) is 8.44. The van der Waals surface area contributed by atoms with E-state index < -0.39 is 0 Å². The zero-order valence-electron chi connectivity index (χ0n) is 14.4. The Bertz CT molecular complexity index is 787. The van der Waals surface area contributed by atoms with Crippen LogP contribution in [0.1, 0.15) is 41.3 Å². The maximum atomic E-state index is 10.2. The number of fused-ring (bicyclic) bond motifs is 4. The van der Waals surface area contributed by atoms with Crippen molar-refractivity contribution in [3.8, 4) is 17.2 Å². The van der Waals surface area contributed by atoms with Crippen molar-refractivity contribution in [1.29, 1.82) is 0 Å². The molecule has 2 aliphatic heterocycles. The molecule has 2 aromatic rings. The van der Waals surface area contributed by atoms with Gasteiger partial charge in [-0.25, -0.2) is 0 Å². The molecule has 0 amide bonds. The van der Waals surface area contributed by atoms with Crippen LogP contribution in [0.25, 0.3) is 0 Å². The van der Waals surface area contributed by atoms with Crippen LogP contribution in [0.2, 0.25) is 0 Å². The van der Waals surface area contributed by atoms with Crippen LogP contribution in [0.3, 0.4) is 0 Å². The molecule has 2 aromatic carbocycles. The van der Waals surface area contributed by atoms with Crippen LogP contribution in [0, 0.1) is 0 Å². The smallest absolute Gasteiger partial charge is 0.160 e. The Morgan fingerprint density at radius 2 is 1.88 bits per heavy atom. The number of phenols is 1. The molecule has 1 N–H and O–H groups in total. The van der Waals surface area contributed by atoms with Gasteiger partial charge in [0.25, 0.3) is 0 Å². The number of hydrogen-bond acceptors (Lipinski definition) is 4. The Morgan fingerprint density at radius 1 is 1.04 bits per heavy atom. The summed E-state index contributed by atoms with van der Waals surface area (Å²) in [5.41, 5.74) is 5.24. The van der Waals surface area contributed by atoms with Gasteiger partial charge in [-0.05, 0) is 66.3 Å². The molecule has 126 valence electrons. The molecule has 0 aromatic heterocycles. The SMILES string of the molecule is COc1ccc2c(c1)CCN1C(C)c3cc(OC)c(O)cc3C[C@@H]21. The van der Waals surface area contributed by atoms with E-state index in [9.17, 15) is 5.11 Å². The molecule has 0 aliphatic carbocycles. The summed E-state index contributed by atoms with van der Waals surface area (Å²) in [4.78, 5) is 2.56. The van der Waals surface area contributed by atoms with E-state index in [1.54, 1.807) is 14.2 Å². The fourth-order valence-corrected chi connectivity index (χ4v) is 4.27. The van der Waals surface area contributed by atoms with Gasteiger partial charge in [0.1, 0.15) is 5.75 Å². The van der Waals surface area contributed by atoms with Crippen LogP contribution in [-0.2, 0) is 12.8 Å². The normalized spacial score (nSPS) is 22.3. The zero-order chi connectivity index (χ0) is 16.8. The van der Waals surface area contributed by atoms with Gasteiger partial charge in [-0.2, -0.15) is 0 Å². The van der Waals surface area contributed by atoms with Gasteiger partial charge in [-0.15, -0.1) is 0 Å². The lowest BCUT2D eigenvalue weighted by Crippen LogP contribution is -2.41. The largest absolute Gasteiger partial charge is 0.504 e. The minimum absolute atomic E-state index is 0.225. The van der Waals surface area contributed by atoms with E-state index in [4.69, 9.17) is 9.47 Å². The molecule has 0 fully saturated rings. The number of hydrogen-bond donors (Lipinski definition) is 1. The van der Waals surface area contributed by atoms with Crippen LogP contribution >= 0.6 is 0 Å². The maximum absolute atomic E-state index is 10.2. The average molecular weight is 325 g/mol. The zero-order valence-corrected chi connectivity index (χ0v) is 14.4. The van der Waals surface area contributed by atoms with Gasteiger partial charge < -0.3 is 14.6 Å². The van der Waals surface area contributed by atoms with Crippen LogP contribution in [-0.4, -0.2) is 30.8 Å². The summed E-state index contributed by atoms with van der Waals surface area (Å²) >= 11 is 0. The van der Waals surface area contributed by atoms with Crippen molar-refractivity contribution in [1.82, 2.24) is 4.90 Å². The Balaban J connectivity index is 1.77. The number of methoxy groups -OCH3 is 2. The molecule has 4 heteroatoms. The third-order valence-corrected chi connectivity index (χ3v) is 5.55. The number of aromatic hydroxyl groups is 1. The van der Waals surface area contributed by atoms with Gasteiger partial charge in [0.05, 0.1) is 14.2 Å². The highest BCUT2D eigenvalue weighted by molar-refractivity contribution is 5.50. The van der Waals surface area contributed by atoms with Crippen molar-refractivity contribution in [3.05, 3.63) is 52.6 Å². The molecule has 0 saturated heterocycles. The van der Waals surface area contributed by atoms with Gasteiger partial charge in [0, 0.05) is 18.6 Å². The van der Waals surface area contributed by atoms with Gasteiger partial charge in [0.2, 0.25) is 0 Å². The van der Waals surface area contributed by atoms with E-state index in [0.29, 0.717) is 17.8 Å². The predicted molar refractivity (Wildman–Crippen MR) is 92.9 cm³/mol. The number of phenolic OH excluding ortho intramolecular Hbond substituents is 1. The second-order valence-corrected chi connectivity index (χ2v) is 6.67. The van der Waals surface area contributed by atoms with Gasteiger partial charge in [-0.1, -0.05) is 6.07 Å². The third kappa shape index (κ3) is 2.25. The standard InChI is InChI=1S/C20H23NO3/c1-12-17-11-20(24-3)19(22)10-14(17)9-18-16-5-4-15(23-2)8-13(16)6-7-21(12)18/h4-5,8,10-12,18,22H,6-7,9H2,1-3H3/t12?,18-/m0/s1. The first-order valence-corrected chi connectivity index (χ1v) is 8.44. The third-order valence-electron chi connectivity index (χ3n) is 5.55. The Hall–Kier alpha value is -2.20. The van der Waals surface area contributed by atoms with E-state index in [0.717, 1.165) is 25.1 Å². The van der Waals surface area contributed by atoms with E-state index in [1.165, 1.54) is 22.3 Å². The monoisotopic (exact) mass is 325 g/mol. The highest BCUT2D eigenvalue weighted by atomic mass is 16.5. The first kappa shape index (κ1) is 15.3. The second-order valence-electron chi connectivity index (χ2n) is 6.67. The lowest BCUT2D eigenvalue weighted by molar-refractivity contribution is 0.117. The summed E-state index contributed by atoms with van der Waals surface area (Å²) in [5.74, 6) is 1.71. The molecule has 2 heterocycles. The van der Waals surface area contributed by atoms with Gasteiger partial charge in [-0.3, -0.25) is 4.90 Å². The summed E-state index contributed by atoms with van der Waals surface area (Å²) in [6, 6.07) is 11.0. The highest BCUT2D eigenvalue weighted by Gasteiger charge is 2.36. The maximum Gasteiger partial charge on any atom is 0.160 e. The fourth-order valence-electron chi connectivity index (χ4n) is 4.27. The molecule has 0 spiro atoms. The van der Waals surface area contributed by atoms with Crippen LogP contribution in [0.4, 0.5) is 0 Å². The Morgan fingerprint density at radius 3 is 2.62 bits per heavy atom. The van der Waals surface area contributed by atoms with Crippen molar-refractivity contribution in [2.24, 2.45) is 0 Å². The molecular weight excluding hydrogens is 302 g/mol. The summed E-state index contributed by atoms with van der Waals surface area (Å²) < 4.78 is 10.7. The molecule has 4 nitrogen and oxygen atoms in total. The predicted octanol–water partition coefficient (Wildman–Crippen LogP) is 3.63. The van der Waals surface area contributed by atoms with Crippen molar-refractivity contribution in [2.45, 2.75) is 31.8 Å². The molecule has 1 unspecified atom stereocenters. The number of benzene rings is 2. The van der Waals surface area contributed by atoms with Gasteiger partial charge >= 0.3 is 0 Å². The van der Waals surface area contributed by atoms with Crippen molar-refractivity contribution < 1.29 is 14.6 Å². The molecule has 4 rings (SSSR count). The molecule has 2 atom stereocenters. The van der Waals surface area contributed by atoms with Crippen molar-refractivity contribution in [2.75, 3.05) is 20.8 Å². The molecule has 0 saturated carbocycles. The molecule has 24 heavy (non-hydrogen) atoms. The van der Waals surface area contributed by atoms with E-state index in [2.05, 4.69) is 24.0 Å². The fraction of sp³-hybridized carbons (Fsp3) is 0.400. The Labute approximate surface area is 142 Å². The molecule has 0 radical (unpaired) electrons. The van der Waals surface area contributed by atoms with Crippen LogP contribution in [0.15, 0.2) is 30.3 Å². The van der Waals surface area contributed by atoms with Crippen molar-refractivity contribution in [3.63, 3.8) is 0 Å². The van der Waals surface area contributed by atoms with E-state index in [-0.39, 0.29) is 5.75 Å². The molecular formula is C20H23NO3. The minimum Gasteiger partial charge on any atom is -0.504 e. The summed E-state index contributed by atoms with van der Waals surface area (Å²) in [7, 11) is 3.31. The van der Waals surface area contributed by atoms with Gasteiger partial charge in [0.15, 0.2) is 11.5 Å². The topological polar surface area (TPSA) is 41.9 Å². The highest BCUT2D eigenvalue weighted by Crippen LogP contribution is 2.46. The van der Waals surface area contributed by atoms with Crippen molar-refractivity contribution >= 4 is 0 Å². The summed E-state index contributed by atoms with van der Waals surface area (Å²) in [5, 5.41) is 10.2. The number of nitrogens with zero attached hydrogens (tertiary/aromatic N) is 1. The van der Waals surface area contributed by atoms with Crippen LogP contribution in [0.5, 0.6) is 17.2 Å². The molecule has 0 bridgehead atoms. The summed E-state index contributed by atoms with van der Waals surface area (Å²) in [6.45, 7) is 3.28. The molecule has 2 aliphatic rings. The van der Waals surface area contributed by atoms with E-state index >= 15 is 0 Å². The number of rotatable bonds is 2. The summed E-state index contributed by atoms with van der Waals surface area (Å²) in [6.07, 6.45) is 1.95. The lowest BCUT2D eigenvalue weighted by atomic mass is 9.81. The lowest BCUT2D eigenvalue weighted by Gasteiger charge is -2.45. The minimum atomic E-state index is 0.225. The Kier molecular flexibility index (Phi) is 3.65.